The minimum atomic E-state index is -0.112. The van der Waals surface area contributed by atoms with Crippen LogP contribution >= 0.6 is 0 Å². The molecule has 0 amide bonds. The zero-order valence-corrected chi connectivity index (χ0v) is 10.1. The van der Waals surface area contributed by atoms with Crippen LogP contribution in [-0.4, -0.2) is 26.2 Å². The standard InChI is InChI=1S/C13H14N2O2/c1-8-14-13-11(17-8)7-9-5-4-6-10(16-3)12(9)15(13)2/h4-8H,1-3H3. The van der Waals surface area contributed by atoms with Gasteiger partial charge in [-0.15, -0.1) is 0 Å². The quantitative estimate of drug-likeness (QED) is 0.742. The van der Waals surface area contributed by atoms with E-state index in [1.807, 2.05) is 43.1 Å². The highest BCUT2D eigenvalue weighted by Gasteiger charge is 2.31. The van der Waals surface area contributed by atoms with Gasteiger partial charge in [-0.2, -0.15) is 0 Å². The number of anilines is 1. The summed E-state index contributed by atoms with van der Waals surface area (Å²) < 4.78 is 11.0. The van der Waals surface area contributed by atoms with Crippen molar-refractivity contribution in [1.29, 1.82) is 0 Å². The Morgan fingerprint density at radius 3 is 3.00 bits per heavy atom. The molecule has 4 heteroatoms. The van der Waals surface area contributed by atoms with E-state index in [-0.39, 0.29) is 6.23 Å². The zero-order chi connectivity index (χ0) is 12.0. The van der Waals surface area contributed by atoms with E-state index >= 15 is 0 Å². The average Bonchev–Trinajstić information content (AvgIpc) is 2.69. The van der Waals surface area contributed by atoms with Crippen LogP contribution in [0.4, 0.5) is 5.69 Å². The number of para-hydroxylation sites is 1. The SMILES string of the molecule is COc1cccc2c1N(C)C1=NC(C)OC1=C2. The molecule has 1 aromatic rings. The predicted molar refractivity (Wildman–Crippen MR) is 67.4 cm³/mol. The number of amidine groups is 1. The summed E-state index contributed by atoms with van der Waals surface area (Å²) in [4.78, 5) is 6.48. The Morgan fingerprint density at radius 2 is 2.24 bits per heavy atom. The lowest BCUT2D eigenvalue weighted by atomic mass is 10.1. The maximum absolute atomic E-state index is 5.64. The largest absolute Gasteiger partial charge is 0.495 e. The van der Waals surface area contributed by atoms with Crippen molar-refractivity contribution >= 4 is 17.6 Å². The number of fused-ring (bicyclic) bond motifs is 2. The van der Waals surface area contributed by atoms with Gasteiger partial charge >= 0.3 is 0 Å². The zero-order valence-electron chi connectivity index (χ0n) is 10.1. The fourth-order valence-corrected chi connectivity index (χ4v) is 2.28. The Morgan fingerprint density at radius 1 is 1.41 bits per heavy atom. The molecule has 88 valence electrons. The van der Waals surface area contributed by atoms with Crippen molar-refractivity contribution in [3.8, 4) is 5.75 Å². The van der Waals surface area contributed by atoms with Gasteiger partial charge in [-0.05, 0) is 19.1 Å². The van der Waals surface area contributed by atoms with Crippen LogP contribution < -0.4 is 9.64 Å². The molecule has 1 atom stereocenters. The molecule has 0 N–H and O–H groups in total. The third kappa shape index (κ3) is 1.40. The van der Waals surface area contributed by atoms with E-state index < -0.39 is 0 Å². The number of methoxy groups -OCH3 is 1. The van der Waals surface area contributed by atoms with Crippen molar-refractivity contribution in [1.82, 2.24) is 0 Å². The first-order valence-electron chi connectivity index (χ1n) is 5.58. The van der Waals surface area contributed by atoms with Crippen LogP contribution in [0.3, 0.4) is 0 Å². The molecule has 1 unspecified atom stereocenters. The minimum Gasteiger partial charge on any atom is -0.495 e. The van der Waals surface area contributed by atoms with Gasteiger partial charge in [-0.25, -0.2) is 4.99 Å². The molecule has 2 aliphatic heterocycles. The van der Waals surface area contributed by atoms with Crippen LogP contribution in [0.15, 0.2) is 29.0 Å². The molecule has 0 saturated heterocycles. The molecule has 0 radical (unpaired) electrons. The van der Waals surface area contributed by atoms with E-state index in [1.54, 1.807) is 7.11 Å². The summed E-state index contributed by atoms with van der Waals surface area (Å²) in [7, 11) is 3.66. The van der Waals surface area contributed by atoms with Crippen molar-refractivity contribution in [2.45, 2.75) is 13.2 Å². The fourth-order valence-electron chi connectivity index (χ4n) is 2.28. The summed E-state index contributed by atoms with van der Waals surface area (Å²) in [6, 6.07) is 5.97. The highest BCUT2D eigenvalue weighted by atomic mass is 16.5. The third-order valence-corrected chi connectivity index (χ3v) is 3.01. The van der Waals surface area contributed by atoms with Crippen LogP contribution in [0.1, 0.15) is 12.5 Å². The molecular weight excluding hydrogens is 216 g/mol. The van der Waals surface area contributed by atoms with Crippen LogP contribution in [0.25, 0.3) is 6.08 Å². The summed E-state index contributed by atoms with van der Waals surface area (Å²) in [5, 5.41) is 0. The van der Waals surface area contributed by atoms with Crippen molar-refractivity contribution in [2.24, 2.45) is 4.99 Å². The Labute approximate surface area is 100 Å². The Balaban J connectivity index is 2.20. The summed E-state index contributed by atoms with van der Waals surface area (Å²) in [6.07, 6.45) is 1.90. The van der Waals surface area contributed by atoms with Gasteiger partial charge in [0.25, 0.3) is 0 Å². The first-order valence-corrected chi connectivity index (χ1v) is 5.58. The normalized spacial score (nSPS) is 21.1. The van der Waals surface area contributed by atoms with Gasteiger partial charge in [0, 0.05) is 12.6 Å². The summed E-state index contributed by atoms with van der Waals surface area (Å²) in [6.45, 7) is 1.93. The molecular formula is C13H14N2O2. The van der Waals surface area contributed by atoms with Gasteiger partial charge in [0.1, 0.15) is 5.75 Å². The van der Waals surface area contributed by atoms with Gasteiger partial charge in [-0.1, -0.05) is 12.1 Å². The van der Waals surface area contributed by atoms with Crippen molar-refractivity contribution in [3.63, 3.8) is 0 Å². The predicted octanol–water partition coefficient (Wildman–Crippen LogP) is 2.26. The molecule has 0 bridgehead atoms. The number of ether oxygens (including phenoxy) is 2. The molecule has 4 nitrogen and oxygen atoms in total. The molecule has 3 rings (SSSR count). The number of hydrogen-bond acceptors (Lipinski definition) is 4. The molecule has 0 saturated carbocycles. The van der Waals surface area contributed by atoms with Crippen LogP contribution in [0, 0.1) is 0 Å². The lowest BCUT2D eigenvalue weighted by molar-refractivity contribution is 0.175. The molecule has 0 spiro atoms. The highest BCUT2D eigenvalue weighted by molar-refractivity contribution is 6.16. The molecule has 1 aromatic carbocycles. The summed E-state index contributed by atoms with van der Waals surface area (Å²) in [5.41, 5.74) is 2.13. The number of benzene rings is 1. The maximum atomic E-state index is 5.64. The summed E-state index contributed by atoms with van der Waals surface area (Å²) in [5.74, 6) is 2.55. The first kappa shape index (κ1) is 10.2. The molecule has 0 aliphatic carbocycles. The van der Waals surface area contributed by atoms with Crippen molar-refractivity contribution in [2.75, 3.05) is 19.1 Å². The minimum absolute atomic E-state index is 0.112. The van der Waals surface area contributed by atoms with E-state index in [0.717, 1.165) is 28.6 Å². The smallest absolute Gasteiger partial charge is 0.189 e. The van der Waals surface area contributed by atoms with Crippen molar-refractivity contribution in [3.05, 3.63) is 29.5 Å². The van der Waals surface area contributed by atoms with Crippen LogP contribution in [0.2, 0.25) is 0 Å². The fraction of sp³-hybridized carbons (Fsp3) is 0.308. The second-order valence-corrected chi connectivity index (χ2v) is 4.14. The molecule has 2 heterocycles. The van der Waals surface area contributed by atoms with E-state index in [1.165, 1.54) is 0 Å². The number of hydrogen-bond donors (Lipinski definition) is 0. The first-order chi connectivity index (χ1) is 8.20. The van der Waals surface area contributed by atoms with Gasteiger partial charge in [0.2, 0.25) is 0 Å². The topological polar surface area (TPSA) is 34.1 Å². The van der Waals surface area contributed by atoms with Crippen LogP contribution in [0.5, 0.6) is 5.75 Å². The number of aliphatic imine (C=N–C) groups is 1. The van der Waals surface area contributed by atoms with Gasteiger partial charge in [-0.3, -0.25) is 0 Å². The monoisotopic (exact) mass is 230 g/mol. The number of rotatable bonds is 1. The lowest BCUT2D eigenvalue weighted by Gasteiger charge is -2.27. The second-order valence-electron chi connectivity index (χ2n) is 4.14. The van der Waals surface area contributed by atoms with E-state index in [4.69, 9.17) is 9.47 Å². The Kier molecular flexibility index (Phi) is 2.11. The lowest BCUT2D eigenvalue weighted by Crippen LogP contribution is -2.29. The van der Waals surface area contributed by atoms with Gasteiger partial charge in [0.15, 0.2) is 17.8 Å². The van der Waals surface area contributed by atoms with Gasteiger partial charge in [0.05, 0.1) is 12.8 Å². The number of likely N-dealkylation sites (N-methyl/N-ethyl adjacent to an activating group) is 1. The van der Waals surface area contributed by atoms with E-state index in [9.17, 15) is 0 Å². The molecule has 0 aromatic heterocycles. The maximum Gasteiger partial charge on any atom is 0.189 e. The number of nitrogens with zero attached hydrogens (tertiary/aromatic N) is 2. The highest BCUT2D eigenvalue weighted by Crippen LogP contribution is 2.39. The van der Waals surface area contributed by atoms with Crippen molar-refractivity contribution < 1.29 is 9.47 Å². The average molecular weight is 230 g/mol. The van der Waals surface area contributed by atoms with Crippen LogP contribution in [-0.2, 0) is 4.74 Å². The Bertz CT molecular complexity index is 534. The Hall–Kier alpha value is -1.97. The van der Waals surface area contributed by atoms with E-state index in [0.29, 0.717) is 0 Å². The third-order valence-electron chi connectivity index (χ3n) is 3.01. The second kappa shape index (κ2) is 3.52. The van der Waals surface area contributed by atoms with E-state index in [2.05, 4.69) is 4.99 Å². The summed E-state index contributed by atoms with van der Waals surface area (Å²) >= 11 is 0. The molecule has 2 aliphatic rings. The van der Waals surface area contributed by atoms with Gasteiger partial charge < -0.3 is 14.4 Å². The molecule has 17 heavy (non-hydrogen) atoms. The molecule has 0 fully saturated rings.